The van der Waals surface area contributed by atoms with Crippen LogP contribution in [0.5, 0.6) is 0 Å². The summed E-state index contributed by atoms with van der Waals surface area (Å²) in [5.41, 5.74) is 0.617. The maximum Gasteiger partial charge on any atom is 0.327 e. The van der Waals surface area contributed by atoms with Crippen LogP contribution in [0.4, 0.5) is 5.82 Å². The van der Waals surface area contributed by atoms with Gasteiger partial charge in [-0.15, -0.1) is 0 Å². The Labute approximate surface area is 111 Å². The van der Waals surface area contributed by atoms with Gasteiger partial charge in [-0.25, -0.2) is 14.6 Å². The number of rotatable bonds is 6. The minimum atomic E-state index is -0.303. The molecule has 2 heterocycles. The lowest BCUT2D eigenvalue weighted by molar-refractivity contribution is -0.144. The number of esters is 1. The first-order valence-corrected chi connectivity index (χ1v) is 6.26. The zero-order chi connectivity index (χ0) is 13.7. The molecule has 7 nitrogen and oxygen atoms in total. The molecule has 19 heavy (non-hydrogen) atoms. The molecular weight excluding hydrogens is 246 g/mol. The van der Waals surface area contributed by atoms with Crippen LogP contribution in [0.15, 0.2) is 12.5 Å². The van der Waals surface area contributed by atoms with E-state index in [1.165, 1.54) is 11.0 Å². The second-order valence-corrected chi connectivity index (χ2v) is 4.09. The number of nitrogens with zero attached hydrogens (tertiary/aromatic N) is 4. The summed E-state index contributed by atoms with van der Waals surface area (Å²) >= 11 is 0. The zero-order valence-corrected chi connectivity index (χ0v) is 11.1. The largest absolute Gasteiger partial charge is 0.464 e. The fourth-order valence-corrected chi connectivity index (χ4v) is 1.71. The average Bonchev–Trinajstić information content (AvgIpc) is 2.82. The van der Waals surface area contributed by atoms with Gasteiger partial charge in [-0.05, 0) is 6.42 Å². The quantitative estimate of drug-likeness (QED) is 0.623. The second-order valence-electron chi connectivity index (χ2n) is 4.09. The van der Waals surface area contributed by atoms with E-state index in [9.17, 15) is 4.79 Å². The Kier molecular flexibility index (Phi) is 4.27. The van der Waals surface area contributed by atoms with E-state index in [1.807, 2.05) is 6.92 Å². The third-order valence-corrected chi connectivity index (χ3v) is 2.71. The Bertz CT molecular complexity index is 566. The van der Waals surface area contributed by atoms with Gasteiger partial charge in [0.2, 0.25) is 0 Å². The van der Waals surface area contributed by atoms with Crippen molar-refractivity contribution in [2.24, 2.45) is 0 Å². The number of fused-ring (bicyclic) bond motifs is 1. The fourth-order valence-electron chi connectivity index (χ4n) is 1.71. The summed E-state index contributed by atoms with van der Waals surface area (Å²) in [5, 5.41) is 7.89. The Balaban J connectivity index is 2.11. The van der Waals surface area contributed by atoms with Crippen LogP contribution in [-0.2, 0) is 16.1 Å². The highest BCUT2D eigenvalue weighted by molar-refractivity contribution is 5.86. The van der Waals surface area contributed by atoms with Crippen molar-refractivity contribution >= 4 is 22.8 Å². The van der Waals surface area contributed by atoms with E-state index in [-0.39, 0.29) is 12.5 Å². The molecular formula is C12H17N5O2. The molecule has 7 heteroatoms. The smallest absolute Gasteiger partial charge is 0.327 e. The van der Waals surface area contributed by atoms with E-state index in [0.717, 1.165) is 18.2 Å². The first kappa shape index (κ1) is 13.3. The Morgan fingerprint density at radius 1 is 1.47 bits per heavy atom. The van der Waals surface area contributed by atoms with Gasteiger partial charge >= 0.3 is 5.97 Å². The number of ether oxygens (including phenoxy) is 1. The summed E-state index contributed by atoms with van der Waals surface area (Å²) in [6.45, 7) is 2.56. The van der Waals surface area contributed by atoms with Crippen molar-refractivity contribution in [2.75, 3.05) is 19.0 Å². The van der Waals surface area contributed by atoms with Crippen LogP contribution in [0.25, 0.3) is 11.0 Å². The van der Waals surface area contributed by atoms with Crippen LogP contribution in [0.3, 0.4) is 0 Å². The third kappa shape index (κ3) is 2.98. The summed E-state index contributed by atoms with van der Waals surface area (Å²) in [6, 6.07) is 0. The number of unbranched alkanes of at least 4 members (excludes halogenated alkanes) is 1. The molecule has 0 bridgehead atoms. The average molecular weight is 263 g/mol. The molecule has 2 rings (SSSR count). The lowest BCUT2D eigenvalue weighted by Gasteiger charge is -2.05. The number of carbonyl (C=O) groups excluding carboxylic acids is 1. The van der Waals surface area contributed by atoms with E-state index >= 15 is 0 Å². The molecule has 0 aromatic carbocycles. The highest BCUT2D eigenvalue weighted by Crippen LogP contribution is 2.17. The summed E-state index contributed by atoms with van der Waals surface area (Å²) in [7, 11) is 1.78. The second kappa shape index (κ2) is 6.12. The van der Waals surface area contributed by atoms with Crippen LogP contribution in [-0.4, -0.2) is 39.4 Å². The van der Waals surface area contributed by atoms with Crippen molar-refractivity contribution in [3.63, 3.8) is 0 Å². The lowest BCUT2D eigenvalue weighted by Crippen LogP contribution is -2.15. The molecule has 0 unspecified atom stereocenters. The van der Waals surface area contributed by atoms with Gasteiger partial charge in [-0.2, -0.15) is 5.10 Å². The molecule has 0 aliphatic rings. The van der Waals surface area contributed by atoms with Crippen molar-refractivity contribution in [1.29, 1.82) is 0 Å². The highest BCUT2D eigenvalue weighted by atomic mass is 16.5. The molecule has 0 saturated carbocycles. The predicted molar refractivity (Wildman–Crippen MR) is 70.7 cm³/mol. The number of nitrogens with one attached hydrogen (secondary N) is 1. The number of aromatic nitrogens is 4. The number of carbonyl (C=O) groups is 1. The van der Waals surface area contributed by atoms with Gasteiger partial charge in [-0.1, -0.05) is 13.3 Å². The van der Waals surface area contributed by atoms with Gasteiger partial charge in [0.25, 0.3) is 0 Å². The van der Waals surface area contributed by atoms with Crippen molar-refractivity contribution in [2.45, 2.75) is 26.3 Å². The van der Waals surface area contributed by atoms with Crippen LogP contribution in [0, 0.1) is 0 Å². The summed E-state index contributed by atoms with van der Waals surface area (Å²) in [6.07, 6.45) is 4.95. The van der Waals surface area contributed by atoms with Gasteiger partial charge in [0.05, 0.1) is 18.2 Å². The van der Waals surface area contributed by atoms with Crippen LogP contribution >= 0.6 is 0 Å². The van der Waals surface area contributed by atoms with E-state index in [1.54, 1.807) is 13.2 Å². The molecule has 1 N–H and O–H groups in total. The summed E-state index contributed by atoms with van der Waals surface area (Å²) in [5.74, 6) is 0.388. The number of hydrogen-bond donors (Lipinski definition) is 1. The van der Waals surface area contributed by atoms with Crippen LogP contribution < -0.4 is 5.32 Å². The van der Waals surface area contributed by atoms with Crippen molar-refractivity contribution in [1.82, 2.24) is 19.7 Å². The Morgan fingerprint density at radius 3 is 3.05 bits per heavy atom. The molecule has 0 aliphatic carbocycles. The van der Waals surface area contributed by atoms with E-state index < -0.39 is 0 Å². The molecule has 102 valence electrons. The molecule has 0 radical (unpaired) electrons. The van der Waals surface area contributed by atoms with Gasteiger partial charge in [0.15, 0.2) is 5.65 Å². The van der Waals surface area contributed by atoms with Crippen molar-refractivity contribution in [3.8, 4) is 0 Å². The van der Waals surface area contributed by atoms with Gasteiger partial charge in [-0.3, -0.25) is 4.79 Å². The fraction of sp³-hybridized carbons (Fsp3) is 0.500. The highest BCUT2D eigenvalue weighted by Gasteiger charge is 2.12. The van der Waals surface area contributed by atoms with Gasteiger partial charge < -0.3 is 10.1 Å². The molecule has 0 saturated heterocycles. The third-order valence-electron chi connectivity index (χ3n) is 2.71. The molecule has 2 aromatic heterocycles. The van der Waals surface area contributed by atoms with Gasteiger partial charge in [0.1, 0.15) is 18.7 Å². The molecule has 0 fully saturated rings. The predicted octanol–water partition coefficient (Wildman–Crippen LogP) is 1.21. The summed E-state index contributed by atoms with van der Waals surface area (Å²) in [4.78, 5) is 19.9. The Morgan fingerprint density at radius 2 is 2.32 bits per heavy atom. The van der Waals surface area contributed by atoms with Gasteiger partial charge in [0, 0.05) is 7.05 Å². The van der Waals surface area contributed by atoms with E-state index in [0.29, 0.717) is 18.1 Å². The standard InChI is InChI=1S/C12H17N5O2/c1-3-4-5-19-10(18)7-17-12-9(6-16-17)11(13-2)14-8-15-12/h6,8H,3-5,7H2,1-2H3,(H,13,14,15). The minimum absolute atomic E-state index is 0.0629. The molecule has 2 aromatic rings. The number of hydrogen-bond acceptors (Lipinski definition) is 6. The van der Waals surface area contributed by atoms with E-state index in [2.05, 4.69) is 20.4 Å². The van der Waals surface area contributed by atoms with Crippen molar-refractivity contribution < 1.29 is 9.53 Å². The first-order chi connectivity index (χ1) is 9.26. The monoisotopic (exact) mass is 263 g/mol. The molecule has 0 aliphatic heterocycles. The van der Waals surface area contributed by atoms with Crippen molar-refractivity contribution in [3.05, 3.63) is 12.5 Å². The summed E-state index contributed by atoms with van der Waals surface area (Å²) < 4.78 is 6.62. The maximum absolute atomic E-state index is 11.6. The van der Waals surface area contributed by atoms with Crippen LogP contribution in [0.2, 0.25) is 0 Å². The number of anilines is 1. The minimum Gasteiger partial charge on any atom is -0.464 e. The SMILES string of the molecule is CCCCOC(=O)Cn1ncc2c(NC)ncnc21. The normalized spacial score (nSPS) is 10.6. The van der Waals surface area contributed by atoms with E-state index in [4.69, 9.17) is 4.74 Å². The topological polar surface area (TPSA) is 81.9 Å². The molecule has 0 amide bonds. The molecule has 0 atom stereocenters. The first-order valence-electron chi connectivity index (χ1n) is 6.26. The lowest BCUT2D eigenvalue weighted by atomic mass is 10.4. The zero-order valence-electron chi connectivity index (χ0n) is 11.1. The van der Waals surface area contributed by atoms with Crippen LogP contribution in [0.1, 0.15) is 19.8 Å². The molecule has 0 spiro atoms. The maximum atomic E-state index is 11.6. The Hall–Kier alpha value is -2.18.